The lowest BCUT2D eigenvalue weighted by Crippen LogP contribution is -1.97. The van der Waals surface area contributed by atoms with Gasteiger partial charge in [0.05, 0.1) is 18.6 Å². The predicted molar refractivity (Wildman–Crippen MR) is 51.1 cm³/mol. The maximum absolute atomic E-state index is 9.55. The van der Waals surface area contributed by atoms with Gasteiger partial charge in [0.1, 0.15) is 0 Å². The maximum Gasteiger partial charge on any atom is 0.0920 e. The molecule has 1 atom stereocenters. The van der Waals surface area contributed by atoms with Crippen LogP contribution in [-0.4, -0.2) is 5.11 Å². The molecule has 68 valence electrons. The Labute approximate surface area is 78.4 Å². The van der Waals surface area contributed by atoms with E-state index < -0.39 is 6.10 Å². The molecule has 1 N–H and O–H groups in total. The second-order valence-corrected chi connectivity index (χ2v) is 3.30. The SMILES string of the molecule is Cc1cc(C)cc(C(O)CC#N)c1. The highest BCUT2D eigenvalue weighted by atomic mass is 16.3. The molecule has 13 heavy (non-hydrogen) atoms. The summed E-state index contributed by atoms with van der Waals surface area (Å²) in [6.45, 7) is 3.96. The zero-order chi connectivity index (χ0) is 9.84. The number of aryl methyl sites for hydroxylation is 2. The van der Waals surface area contributed by atoms with E-state index in [4.69, 9.17) is 5.26 Å². The molecule has 1 unspecified atom stereocenters. The average molecular weight is 175 g/mol. The zero-order valence-corrected chi connectivity index (χ0v) is 7.91. The number of hydrogen-bond acceptors (Lipinski definition) is 2. The summed E-state index contributed by atoms with van der Waals surface area (Å²) in [6, 6.07) is 7.82. The predicted octanol–water partition coefficient (Wildman–Crippen LogP) is 2.25. The highest BCUT2D eigenvalue weighted by Crippen LogP contribution is 2.18. The van der Waals surface area contributed by atoms with Crippen LogP contribution in [-0.2, 0) is 0 Å². The number of nitrogens with zero attached hydrogens (tertiary/aromatic N) is 1. The van der Waals surface area contributed by atoms with Crippen LogP contribution >= 0.6 is 0 Å². The molecule has 0 saturated carbocycles. The van der Waals surface area contributed by atoms with Gasteiger partial charge in [-0.25, -0.2) is 0 Å². The van der Waals surface area contributed by atoms with Crippen molar-refractivity contribution in [2.75, 3.05) is 0 Å². The van der Waals surface area contributed by atoms with Gasteiger partial charge in [-0.15, -0.1) is 0 Å². The summed E-state index contributed by atoms with van der Waals surface area (Å²) in [7, 11) is 0. The van der Waals surface area contributed by atoms with E-state index in [-0.39, 0.29) is 6.42 Å². The molecule has 1 aromatic carbocycles. The van der Waals surface area contributed by atoms with E-state index in [1.54, 1.807) is 0 Å². The molecule has 0 radical (unpaired) electrons. The molecule has 1 rings (SSSR count). The Morgan fingerprint density at radius 2 is 1.85 bits per heavy atom. The minimum absolute atomic E-state index is 0.156. The quantitative estimate of drug-likeness (QED) is 0.749. The van der Waals surface area contributed by atoms with Crippen LogP contribution in [0.2, 0.25) is 0 Å². The van der Waals surface area contributed by atoms with Crippen molar-refractivity contribution < 1.29 is 5.11 Å². The van der Waals surface area contributed by atoms with Crippen LogP contribution in [0.1, 0.15) is 29.2 Å². The Morgan fingerprint density at radius 3 is 2.31 bits per heavy atom. The van der Waals surface area contributed by atoms with Crippen molar-refractivity contribution in [2.45, 2.75) is 26.4 Å². The first-order valence-electron chi connectivity index (χ1n) is 4.26. The molecule has 0 aliphatic rings. The standard InChI is InChI=1S/C11H13NO/c1-8-5-9(2)7-10(6-8)11(13)3-4-12/h5-7,11,13H,3H2,1-2H3. The zero-order valence-electron chi connectivity index (χ0n) is 7.91. The van der Waals surface area contributed by atoms with Gasteiger partial charge in [-0.2, -0.15) is 5.26 Å². The highest BCUT2D eigenvalue weighted by Gasteiger charge is 2.06. The number of aliphatic hydroxyl groups is 1. The summed E-state index contributed by atoms with van der Waals surface area (Å²) in [5.74, 6) is 0. The fourth-order valence-electron chi connectivity index (χ4n) is 1.41. The number of nitriles is 1. The molecule has 0 heterocycles. The van der Waals surface area contributed by atoms with E-state index in [1.165, 1.54) is 0 Å². The van der Waals surface area contributed by atoms with Crippen molar-refractivity contribution in [1.82, 2.24) is 0 Å². The third-order valence-electron chi connectivity index (χ3n) is 1.91. The van der Waals surface area contributed by atoms with Gasteiger partial charge >= 0.3 is 0 Å². The first-order valence-corrected chi connectivity index (χ1v) is 4.26. The third-order valence-corrected chi connectivity index (χ3v) is 1.91. The van der Waals surface area contributed by atoms with E-state index in [9.17, 15) is 5.11 Å². The fraction of sp³-hybridized carbons (Fsp3) is 0.364. The Balaban J connectivity index is 2.95. The van der Waals surface area contributed by atoms with E-state index in [2.05, 4.69) is 0 Å². The van der Waals surface area contributed by atoms with Crippen LogP contribution < -0.4 is 0 Å². The first kappa shape index (κ1) is 9.76. The summed E-state index contributed by atoms with van der Waals surface area (Å²) in [6.07, 6.45) is -0.494. The molecule has 1 aromatic rings. The summed E-state index contributed by atoms with van der Waals surface area (Å²) in [5.41, 5.74) is 3.07. The van der Waals surface area contributed by atoms with E-state index in [0.29, 0.717) is 0 Å². The third kappa shape index (κ3) is 2.57. The molecular weight excluding hydrogens is 162 g/mol. The Kier molecular flexibility index (Phi) is 3.05. The van der Waals surface area contributed by atoms with Crippen LogP contribution in [0.3, 0.4) is 0 Å². The van der Waals surface area contributed by atoms with Crippen molar-refractivity contribution in [1.29, 1.82) is 5.26 Å². The highest BCUT2D eigenvalue weighted by molar-refractivity contribution is 5.30. The molecule has 0 fully saturated rings. The largest absolute Gasteiger partial charge is 0.387 e. The van der Waals surface area contributed by atoms with Gasteiger partial charge in [-0.3, -0.25) is 0 Å². The Bertz CT molecular complexity index is 318. The van der Waals surface area contributed by atoms with E-state index in [1.807, 2.05) is 38.1 Å². The van der Waals surface area contributed by atoms with Gasteiger partial charge in [0.25, 0.3) is 0 Å². The van der Waals surface area contributed by atoms with Crippen LogP contribution in [0, 0.1) is 25.2 Å². The number of rotatable bonds is 2. The van der Waals surface area contributed by atoms with E-state index in [0.717, 1.165) is 16.7 Å². The van der Waals surface area contributed by atoms with E-state index >= 15 is 0 Å². The Hall–Kier alpha value is -1.33. The Morgan fingerprint density at radius 1 is 1.31 bits per heavy atom. The molecule has 0 amide bonds. The van der Waals surface area contributed by atoms with Crippen LogP contribution in [0.15, 0.2) is 18.2 Å². The summed E-state index contributed by atoms with van der Waals surface area (Å²) in [4.78, 5) is 0. The van der Waals surface area contributed by atoms with Gasteiger partial charge in [0.2, 0.25) is 0 Å². The summed E-state index contributed by atoms with van der Waals surface area (Å²) >= 11 is 0. The molecule has 0 spiro atoms. The normalized spacial score (nSPS) is 12.2. The van der Waals surface area contributed by atoms with Gasteiger partial charge < -0.3 is 5.11 Å². The smallest absolute Gasteiger partial charge is 0.0920 e. The van der Waals surface area contributed by atoms with Crippen molar-refractivity contribution in [3.63, 3.8) is 0 Å². The molecule has 2 heteroatoms. The number of aliphatic hydroxyl groups excluding tert-OH is 1. The van der Waals surface area contributed by atoms with Crippen LogP contribution in [0.4, 0.5) is 0 Å². The molecule has 0 saturated heterocycles. The fourth-order valence-corrected chi connectivity index (χ4v) is 1.41. The summed E-state index contributed by atoms with van der Waals surface area (Å²) < 4.78 is 0. The second kappa shape index (κ2) is 4.06. The van der Waals surface area contributed by atoms with Crippen molar-refractivity contribution in [2.24, 2.45) is 0 Å². The van der Waals surface area contributed by atoms with Crippen molar-refractivity contribution >= 4 is 0 Å². The summed E-state index contributed by atoms with van der Waals surface area (Å²) in [5, 5.41) is 18.0. The van der Waals surface area contributed by atoms with Crippen molar-refractivity contribution in [3.8, 4) is 6.07 Å². The lowest BCUT2D eigenvalue weighted by Gasteiger charge is -2.08. The minimum Gasteiger partial charge on any atom is -0.387 e. The minimum atomic E-state index is -0.649. The second-order valence-electron chi connectivity index (χ2n) is 3.30. The van der Waals surface area contributed by atoms with Crippen LogP contribution in [0.5, 0.6) is 0 Å². The number of benzene rings is 1. The monoisotopic (exact) mass is 175 g/mol. The molecular formula is C11H13NO. The molecule has 0 bridgehead atoms. The average Bonchev–Trinajstić information content (AvgIpc) is 2.03. The molecule has 2 nitrogen and oxygen atoms in total. The van der Waals surface area contributed by atoms with Crippen molar-refractivity contribution in [3.05, 3.63) is 34.9 Å². The van der Waals surface area contributed by atoms with Gasteiger partial charge in [0.15, 0.2) is 0 Å². The van der Waals surface area contributed by atoms with Gasteiger partial charge in [0, 0.05) is 0 Å². The molecule has 0 aliphatic carbocycles. The lowest BCUT2D eigenvalue weighted by molar-refractivity contribution is 0.183. The van der Waals surface area contributed by atoms with Gasteiger partial charge in [-0.1, -0.05) is 29.3 Å². The molecule has 0 aliphatic heterocycles. The maximum atomic E-state index is 9.55. The van der Waals surface area contributed by atoms with Crippen LogP contribution in [0.25, 0.3) is 0 Å². The lowest BCUT2D eigenvalue weighted by atomic mass is 10.0. The molecule has 0 aromatic heterocycles. The number of hydrogen-bond donors (Lipinski definition) is 1. The van der Waals surface area contributed by atoms with Gasteiger partial charge in [-0.05, 0) is 19.4 Å². The topological polar surface area (TPSA) is 44.0 Å². The first-order chi connectivity index (χ1) is 6.13.